The van der Waals surface area contributed by atoms with Gasteiger partial charge in [0.05, 0.1) is 181 Å². The molecule has 0 aromatic carbocycles. The summed E-state index contributed by atoms with van der Waals surface area (Å²) in [5.74, 6) is 0. The fraction of sp³-hybridized carbons (Fsp3) is 0.615. The summed E-state index contributed by atoms with van der Waals surface area (Å²) in [5.41, 5.74) is 13.2. The van der Waals surface area contributed by atoms with Gasteiger partial charge in [-0.1, -0.05) is 0 Å². The zero-order chi connectivity index (χ0) is 51.2. The Morgan fingerprint density at radius 2 is 0.444 bits per heavy atom. The molecule has 20 nitrogen and oxygen atoms in total. The summed E-state index contributed by atoms with van der Waals surface area (Å²) in [7, 11) is 0. The van der Waals surface area contributed by atoms with Crippen LogP contribution in [0.4, 0.5) is 0 Å². The molecule has 8 bridgehead atoms. The molecule has 0 radical (unpaired) electrons. The van der Waals surface area contributed by atoms with Crippen molar-refractivity contribution >= 4 is 44.4 Å². The van der Waals surface area contributed by atoms with Crippen LogP contribution < -0.4 is 0 Å². The Bertz CT molecular complexity index is 1980. The maximum atomic E-state index is 9.62. The molecule has 0 saturated carbocycles. The Morgan fingerprint density at radius 3 is 0.625 bits per heavy atom. The lowest BCUT2D eigenvalue weighted by Crippen LogP contribution is -2.07. The van der Waals surface area contributed by atoms with E-state index in [1.807, 2.05) is 24.3 Å². The van der Waals surface area contributed by atoms with E-state index in [4.69, 9.17) is 47.9 Å². The molecule has 3 aromatic rings. The summed E-state index contributed by atoms with van der Waals surface area (Å²) in [4.78, 5) is 18.2. The van der Waals surface area contributed by atoms with E-state index in [1.54, 1.807) is 0 Å². The van der Waals surface area contributed by atoms with Gasteiger partial charge in [0.25, 0.3) is 0 Å². The van der Waals surface area contributed by atoms with Crippen molar-refractivity contribution in [3.8, 4) is 0 Å². The van der Waals surface area contributed by atoms with E-state index in [0.29, 0.717) is 127 Å². The lowest BCUT2D eigenvalue weighted by molar-refractivity contribution is 0.0925. The van der Waals surface area contributed by atoms with Crippen LogP contribution in [0, 0.1) is 0 Å². The van der Waals surface area contributed by atoms with Gasteiger partial charge in [-0.15, -0.1) is 0 Å². The van der Waals surface area contributed by atoms with Crippen LogP contribution >= 0.6 is 0 Å². The predicted molar refractivity (Wildman–Crippen MR) is 271 cm³/mol. The van der Waals surface area contributed by atoms with Gasteiger partial charge in [-0.25, -0.2) is 9.97 Å². The highest BCUT2D eigenvalue weighted by molar-refractivity contribution is 5.96. The minimum atomic E-state index is -0.131. The van der Waals surface area contributed by atoms with Gasteiger partial charge in [0.15, 0.2) is 0 Å². The smallest absolute Gasteiger partial charge is 0.0697 e. The lowest BCUT2D eigenvalue weighted by atomic mass is 9.97. The molecular formula is C52H78N4O16. The summed E-state index contributed by atoms with van der Waals surface area (Å²) in [6.45, 7) is 2.66. The topological polar surface area (TPSA) is 293 Å². The first-order chi connectivity index (χ1) is 35.5. The van der Waals surface area contributed by atoms with Crippen LogP contribution in [-0.2, 0) is 63.6 Å². The van der Waals surface area contributed by atoms with Crippen molar-refractivity contribution in [1.29, 1.82) is 0 Å². The number of rotatable bonds is 40. The normalized spacial score (nSPS) is 12.9. The first-order valence-corrected chi connectivity index (χ1v) is 25.2. The zero-order valence-corrected chi connectivity index (χ0v) is 41.7. The van der Waals surface area contributed by atoms with Crippen molar-refractivity contribution in [3.63, 3.8) is 0 Å². The molecule has 0 saturated heterocycles. The highest BCUT2D eigenvalue weighted by Gasteiger charge is 2.25. The van der Waals surface area contributed by atoms with Crippen molar-refractivity contribution in [2.75, 3.05) is 159 Å². The van der Waals surface area contributed by atoms with E-state index in [-0.39, 0.29) is 106 Å². The standard InChI is InChI=1S/C52H78N4O16/c57-9-25-65-17-1-37-38(2-18-66-26-10-58)46-34-48-41(5-21-69-29-13-61)42(6-22-70-30-14-62)50(55-48)36-52-44(8-24-72-32-16-64)43(7-23-71-31-15-63)51(56-52)35-49-40(4-20-68-28-12-60)39(3-19-67-27-11-59)47(54-49)33-45(37)53-46/h33-36,53,56-64H,1-32H2. The zero-order valence-electron chi connectivity index (χ0n) is 41.7. The molecule has 10 N–H and O–H groups in total. The molecule has 402 valence electrons. The van der Waals surface area contributed by atoms with E-state index < -0.39 is 0 Å². The van der Waals surface area contributed by atoms with Gasteiger partial charge < -0.3 is 88.7 Å². The van der Waals surface area contributed by atoms with Crippen molar-refractivity contribution < 1.29 is 78.7 Å². The van der Waals surface area contributed by atoms with E-state index in [2.05, 4.69) is 9.97 Å². The molecule has 72 heavy (non-hydrogen) atoms. The number of nitrogens with one attached hydrogen (secondary N) is 2. The second-order valence-corrected chi connectivity index (χ2v) is 16.8. The minimum Gasteiger partial charge on any atom is -0.394 e. The average molecular weight is 1020 g/mol. The van der Waals surface area contributed by atoms with Crippen LogP contribution in [0.25, 0.3) is 44.4 Å². The second-order valence-electron chi connectivity index (χ2n) is 16.8. The largest absolute Gasteiger partial charge is 0.394 e. The van der Waals surface area contributed by atoms with Gasteiger partial charge in [0, 0.05) is 22.1 Å². The van der Waals surface area contributed by atoms with E-state index in [1.165, 1.54) is 0 Å². The molecule has 5 heterocycles. The summed E-state index contributed by atoms with van der Waals surface area (Å²) in [6.07, 6.45) is 3.64. The first-order valence-electron chi connectivity index (χ1n) is 25.2. The molecule has 2 aliphatic heterocycles. The minimum absolute atomic E-state index is 0.130. The molecule has 0 spiro atoms. The third-order valence-corrected chi connectivity index (χ3v) is 12.0. The van der Waals surface area contributed by atoms with E-state index in [0.717, 1.165) is 66.6 Å². The van der Waals surface area contributed by atoms with E-state index >= 15 is 0 Å². The molecule has 2 aliphatic rings. The average Bonchev–Trinajstić information content (AvgIpc) is 4.09. The van der Waals surface area contributed by atoms with Gasteiger partial charge in [0.1, 0.15) is 0 Å². The van der Waals surface area contributed by atoms with Gasteiger partial charge in [-0.2, -0.15) is 0 Å². The SMILES string of the molecule is OCCOCCC1=C(CCOCCO)c2cc3[nH]c(cc4nc(cc5[nH]c(cc1n2)c(CCOCCO)c5CCOCCO)C(CCOCCO)=C4CCOCCO)c(CCOCCO)c3CCOCCO. The Labute approximate surface area is 421 Å². The monoisotopic (exact) mass is 1010 g/mol. The van der Waals surface area contributed by atoms with Gasteiger partial charge >= 0.3 is 0 Å². The highest BCUT2D eigenvalue weighted by Crippen LogP contribution is 2.39. The molecule has 5 rings (SSSR count). The molecular weight excluding hydrogens is 937 g/mol. The van der Waals surface area contributed by atoms with Crippen LogP contribution in [0.15, 0.2) is 24.3 Å². The fourth-order valence-corrected chi connectivity index (χ4v) is 8.89. The van der Waals surface area contributed by atoms with Gasteiger partial charge in [0.2, 0.25) is 0 Å². The Morgan fingerprint density at radius 1 is 0.264 bits per heavy atom. The quantitative estimate of drug-likeness (QED) is 0.0364. The highest BCUT2D eigenvalue weighted by atomic mass is 16.5. The summed E-state index contributed by atoms with van der Waals surface area (Å²) < 4.78 is 46.9. The number of nitrogens with zero attached hydrogens (tertiary/aromatic N) is 2. The number of aromatic nitrogens is 4. The van der Waals surface area contributed by atoms with E-state index in [9.17, 15) is 40.9 Å². The molecule has 0 aliphatic carbocycles. The van der Waals surface area contributed by atoms with Crippen molar-refractivity contribution in [3.05, 3.63) is 69.3 Å². The maximum absolute atomic E-state index is 9.62. The van der Waals surface area contributed by atoms with Crippen LogP contribution in [0.2, 0.25) is 0 Å². The number of hydrogen-bond donors (Lipinski definition) is 10. The number of aliphatic hydroxyl groups excluding tert-OH is 8. The third kappa shape index (κ3) is 18.1. The Hall–Kier alpha value is -4.04. The summed E-state index contributed by atoms with van der Waals surface area (Å²) in [6, 6.07) is 8.10. The molecule has 0 amide bonds. The molecule has 0 fully saturated rings. The maximum Gasteiger partial charge on any atom is 0.0697 e. The van der Waals surface area contributed by atoms with Gasteiger partial charge in [-0.3, -0.25) is 0 Å². The summed E-state index contributed by atoms with van der Waals surface area (Å²) in [5, 5.41) is 76.9. The molecule has 3 aromatic heterocycles. The van der Waals surface area contributed by atoms with Crippen LogP contribution in [-0.4, -0.2) is 219 Å². The summed E-state index contributed by atoms with van der Waals surface area (Å²) >= 11 is 0. The number of aliphatic hydroxyl groups is 8. The number of H-pyrrole nitrogens is 2. The Kier molecular flexibility index (Phi) is 28.2. The molecule has 20 heteroatoms. The van der Waals surface area contributed by atoms with Crippen molar-refractivity contribution in [2.45, 2.75) is 51.4 Å². The molecule has 0 unspecified atom stereocenters. The Balaban J connectivity index is 1.96. The number of aromatic amines is 2. The van der Waals surface area contributed by atoms with Crippen LogP contribution in [0.5, 0.6) is 0 Å². The lowest BCUT2D eigenvalue weighted by Gasteiger charge is -2.10. The molecule has 0 atom stereocenters. The van der Waals surface area contributed by atoms with Crippen molar-refractivity contribution in [2.24, 2.45) is 0 Å². The van der Waals surface area contributed by atoms with Crippen LogP contribution in [0.3, 0.4) is 0 Å². The van der Waals surface area contributed by atoms with Gasteiger partial charge in [-0.05, 0) is 120 Å². The fourth-order valence-electron chi connectivity index (χ4n) is 8.89. The van der Waals surface area contributed by atoms with Crippen LogP contribution in [0.1, 0.15) is 70.7 Å². The second kappa shape index (κ2) is 34.4. The van der Waals surface area contributed by atoms with Crippen molar-refractivity contribution in [1.82, 2.24) is 19.9 Å². The number of ether oxygens (including phenoxy) is 8. The first kappa shape index (κ1) is 58.8. The third-order valence-electron chi connectivity index (χ3n) is 12.0. The predicted octanol–water partition coefficient (Wildman–Crippen LogP) is 1.94. The number of fused-ring (bicyclic) bond motifs is 8. The number of hydrogen-bond acceptors (Lipinski definition) is 18.